The first-order valence-corrected chi connectivity index (χ1v) is 10.3. The molecule has 0 aliphatic carbocycles. The number of methoxy groups -OCH3 is 1. The third kappa shape index (κ3) is 4.53. The Morgan fingerprint density at radius 3 is 2.93 bits per heavy atom. The van der Waals surface area contributed by atoms with E-state index < -0.39 is 0 Å². The summed E-state index contributed by atoms with van der Waals surface area (Å²) in [4.78, 5) is 22.6. The van der Waals surface area contributed by atoms with Crippen molar-refractivity contribution in [3.05, 3.63) is 47.7 Å². The van der Waals surface area contributed by atoms with E-state index in [4.69, 9.17) is 10.00 Å². The molecule has 0 bridgehead atoms. The van der Waals surface area contributed by atoms with Crippen molar-refractivity contribution in [3.8, 4) is 6.07 Å². The minimum atomic E-state index is -0.184. The fourth-order valence-corrected chi connectivity index (χ4v) is 4.51. The first-order chi connectivity index (χ1) is 14.1. The fourth-order valence-electron chi connectivity index (χ4n) is 3.60. The third-order valence-corrected chi connectivity index (χ3v) is 6.11. The topological polar surface area (TPSA) is 91.1 Å². The Kier molecular flexibility index (Phi) is 5.69. The number of esters is 1. The van der Waals surface area contributed by atoms with E-state index in [2.05, 4.69) is 38.4 Å². The lowest BCUT2D eigenvalue weighted by Crippen LogP contribution is -2.37. The number of hydrogen-bond acceptors (Lipinski definition) is 8. The number of benzene rings is 1. The molecular weight excluding hydrogens is 386 g/mol. The first kappa shape index (κ1) is 19.3. The standard InChI is InChI=1S/C21H21N5O2S/c1-28-20(27)13-26-8-5-15(6-9-26)16-4-7-23-19(11-16)25-21-24-17-3-2-14(12-22)10-18(17)29-21/h2-4,7,10-11,15H,5-6,8-9,13H2,1H3,(H,23,24,25). The molecule has 0 radical (unpaired) electrons. The summed E-state index contributed by atoms with van der Waals surface area (Å²) in [6, 6.07) is 11.8. The van der Waals surface area contributed by atoms with E-state index in [-0.39, 0.29) is 5.97 Å². The largest absolute Gasteiger partial charge is 0.468 e. The van der Waals surface area contributed by atoms with Crippen molar-refractivity contribution >= 4 is 38.5 Å². The number of hydrogen-bond donors (Lipinski definition) is 1. The molecule has 4 rings (SSSR count). The zero-order chi connectivity index (χ0) is 20.2. The average Bonchev–Trinajstić information content (AvgIpc) is 3.15. The highest BCUT2D eigenvalue weighted by Gasteiger charge is 2.22. The van der Waals surface area contributed by atoms with Gasteiger partial charge in [-0.1, -0.05) is 11.3 Å². The molecule has 1 aromatic carbocycles. The van der Waals surface area contributed by atoms with Gasteiger partial charge >= 0.3 is 5.97 Å². The summed E-state index contributed by atoms with van der Waals surface area (Å²) >= 11 is 1.51. The molecule has 1 aliphatic heterocycles. The Morgan fingerprint density at radius 1 is 1.34 bits per heavy atom. The summed E-state index contributed by atoms with van der Waals surface area (Å²) in [7, 11) is 1.43. The summed E-state index contributed by atoms with van der Waals surface area (Å²) in [6.07, 6.45) is 3.82. The first-order valence-electron chi connectivity index (χ1n) is 9.47. The molecule has 3 heterocycles. The number of piperidine rings is 1. The highest BCUT2D eigenvalue weighted by atomic mass is 32.1. The van der Waals surface area contributed by atoms with E-state index in [9.17, 15) is 4.79 Å². The van der Waals surface area contributed by atoms with Crippen molar-refractivity contribution in [1.29, 1.82) is 5.26 Å². The van der Waals surface area contributed by atoms with Gasteiger partial charge in [0.15, 0.2) is 5.13 Å². The van der Waals surface area contributed by atoms with Crippen molar-refractivity contribution in [2.75, 3.05) is 32.1 Å². The molecule has 0 spiro atoms. The van der Waals surface area contributed by atoms with Gasteiger partial charge in [0.05, 0.1) is 35.5 Å². The molecule has 8 heteroatoms. The minimum Gasteiger partial charge on any atom is -0.468 e. The number of aromatic nitrogens is 2. The number of rotatable bonds is 5. The van der Waals surface area contributed by atoms with Crippen LogP contribution in [0.3, 0.4) is 0 Å². The van der Waals surface area contributed by atoms with Crippen LogP contribution in [0.4, 0.5) is 10.9 Å². The highest BCUT2D eigenvalue weighted by molar-refractivity contribution is 7.22. The maximum atomic E-state index is 11.4. The smallest absolute Gasteiger partial charge is 0.319 e. The number of carbonyl (C=O) groups excluding carboxylic acids is 1. The van der Waals surface area contributed by atoms with Gasteiger partial charge < -0.3 is 10.1 Å². The molecule has 0 atom stereocenters. The number of ether oxygens (including phenoxy) is 1. The van der Waals surface area contributed by atoms with Crippen LogP contribution < -0.4 is 5.32 Å². The van der Waals surface area contributed by atoms with Gasteiger partial charge in [-0.2, -0.15) is 5.26 Å². The number of fused-ring (bicyclic) bond motifs is 1. The van der Waals surface area contributed by atoms with Crippen molar-refractivity contribution in [2.24, 2.45) is 0 Å². The molecule has 0 saturated carbocycles. The Bertz CT molecular complexity index is 1070. The number of nitrogens with one attached hydrogen (secondary N) is 1. The van der Waals surface area contributed by atoms with Crippen molar-refractivity contribution in [3.63, 3.8) is 0 Å². The molecule has 148 valence electrons. The van der Waals surface area contributed by atoms with E-state index in [1.54, 1.807) is 6.07 Å². The molecule has 0 unspecified atom stereocenters. The van der Waals surface area contributed by atoms with Crippen molar-refractivity contribution < 1.29 is 9.53 Å². The fraction of sp³-hybridized carbons (Fsp3) is 0.333. The summed E-state index contributed by atoms with van der Waals surface area (Å²) < 4.78 is 5.73. The Labute approximate surface area is 173 Å². The monoisotopic (exact) mass is 407 g/mol. The van der Waals surface area contributed by atoms with Crippen LogP contribution >= 0.6 is 11.3 Å². The maximum absolute atomic E-state index is 11.4. The lowest BCUT2D eigenvalue weighted by molar-refractivity contribution is -0.142. The van der Waals surface area contributed by atoms with Crippen LogP contribution in [0.1, 0.15) is 29.9 Å². The number of pyridine rings is 1. The molecule has 1 N–H and O–H groups in total. The number of nitrogens with zero attached hydrogens (tertiary/aromatic N) is 4. The van der Waals surface area contributed by atoms with Crippen LogP contribution in [0.15, 0.2) is 36.5 Å². The quantitative estimate of drug-likeness (QED) is 0.645. The molecule has 1 saturated heterocycles. The average molecular weight is 407 g/mol. The molecule has 0 amide bonds. The van der Waals surface area contributed by atoms with E-state index >= 15 is 0 Å². The number of nitriles is 1. The molecule has 1 aliphatic rings. The van der Waals surface area contributed by atoms with Gasteiger partial charge in [0.2, 0.25) is 0 Å². The molecule has 2 aromatic heterocycles. The number of carbonyl (C=O) groups is 1. The van der Waals surface area contributed by atoms with Gasteiger partial charge in [-0.25, -0.2) is 9.97 Å². The Balaban J connectivity index is 1.43. The summed E-state index contributed by atoms with van der Waals surface area (Å²) in [6.45, 7) is 2.12. The Hall–Kier alpha value is -3.02. The normalized spacial score (nSPS) is 15.2. The zero-order valence-electron chi connectivity index (χ0n) is 16.1. The summed E-state index contributed by atoms with van der Waals surface area (Å²) in [5, 5.41) is 13.1. The number of likely N-dealkylation sites (tertiary alicyclic amines) is 1. The summed E-state index contributed by atoms with van der Waals surface area (Å²) in [5.41, 5.74) is 2.74. The molecule has 3 aromatic rings. The van der Waals surface area contributed by atoms with Crippen LogP contribution in [0, 0.1) is 11.3 Å². The van der Waals surface area contributed by atoms with Crippen LogP contribution in [-0.4, -0.2) is 47.6 Å². The number of anilines is 2. The zero-order valence-corrected chi connectivity index (χ0v) is 16.9. The second-order valence-corrected chi connectivity index (χ2v) is 8.07. The van der Waals surface area contributed by atoms with E-state index in [1.165, 1.54) is 24.0 Å². The molecular formula is C21H21N5O2S. The van der Waals surface area contributed by atoms with Gasteiger partial charge in [0, 0.05) is 6.20 Å². The molecule has 7 nitrogen and oxygen atoms in total. The van der Waals surface area contributed by atoms with Gasteiger partial charge in [-0.15, -0.1) is 0 Å². The van der Waals surface area contributed by atoms with Crippen LogP contribution in [0.5, 0.6) is 0 Å². The second-order valence-electron chi connectivity index (χ2n) is 7.04. The predicted molar refractivity (Wildman–Crippen MR) is 112 cm³/mol. The highest BCUT2D eigenvalue weighted by Crippen LogP contribution is 2.31. The number of thiazole rings is 1. The van der Waals surface area contributed by atoms with Gasteiger partial charge in [-0.05, 0) is 67.7 Å². The van der Waals surface area contributed by atoms with Crippen LogP contribution in [0.2, 0.25) is 0 Å². The lowest BCUT2D eigenvalue weighted by Gasteiger charge is -2.31. The summed E-state index contributed by atoms with van der Waals surface area (Å²) in [5.74, 6) is 1.02. The Morgan fingerprint density at radius 2 is 2.17 bits per heavy atom. The molecule has 1 fully saturated rings. The van der Waals surface area contributed by atoms with Crippen molar-refractivity contribution in [1.82, 2.24) is 14.9 Å². The van der Waals surface area contributed by atoms with E-state index in [0.29, 0.717) is 18.0 Å². The van der Waals surface area contributed by atoms with Gasteiger partial charge in [-0.3, -0.25) is 9.69 Å². The second kappa shape index (κ2) is 8.55. The van der Waals surface area contributed by atoms with E-state index in [1.807, 2.05) is 18.3 Å². The van der Waals surface area contributed by atoms with Gasteiger partial charge in [0.25, 0.3) is 0 Å². The molecule has 29 heavy (non-hydrogen) atoms. The van der Waals surface area contributed by atoms with Crippen LogP contribution in [-0.2, 0) is 9.53 Å². The maximum Gasteiger partial charge on any atom is 0.319 e. The SMILES string of the molecule is COC(=O)CN1CCC(c2ccnc(Nc3nc4ccc(C#N)cc4s3)c2)CC1. The third-order valence-electron chi connectivity index (χ3n) is 5.18. The predicted octanol–water partition coefficient (Wildman–Crippen LogP) is 3.66. The van der Waals surface area contributed by atoms with Crippen LogP contribution in [0.25, 0.3) is 10.2 Å². The van der Waals surface area contributed by atoms with Gasteiger partial charge in [0.1, 0.15) is 5.82 Å². The minimum absolute atomic E-state index is 0.184. The van der Waals surface area contributed by atoms with E-state index in [0.717, 1.165) is 47.1 Å². The lowest BCUT2D eigenvalue weighted by atomic mass is 9.90. The van der Waals surface area contributed by atoms with Crippen molar-refractivity contribution in [2.45, 2.75) is 18.8 Å².